The summed E-state index contributed by atoms with van der Waals surface area (Å²) < 4.78 is 17.1. The van der Waals surface area contributed by atoms with Gasteiger partial charge in [-0.15, -0.1) is 0 Å². The van der Waals surface area contributed by atoms with E-state index in [2.05, 4.69) is 0 Å². The molecule has 1 aliphatic carbocycles. The number of aliphatic hydroxyl groups excluding tert-OH is 1. The first-order valence-electron chi connectivity index (χ1n) is 9.10. The smallest absolute Gasteiger partial charge is 0.261 e. The summed E-state index contributed by atoms with van der Waals surface area (Å²) in [5, 5.41) is 9.75. The summed E-state index contributed by atoms with van der Waals surface area (Å²) in [6, 6.07) is 12.9. The Morgan fingerprint density at radius 3 is 2.59 bits per heavy atom. The molecule has 1 aliphatic heterocycles. The van der Waals surface area contributed by atoms with Crippen molar-refractivity contribution >= 4 is 11.6 Å². The molecule has 142 valence electrons. The van der Waals surface area contributed by atoms with Crippen LogP contribution in [0.5, 0.6) is 11.5 Å². The summed E-state index contributed by atoms with van der Waals surface area (Å²) in [6.45, 7) is 0. The quantitative estimate of drug-likeness (QED) is 0.876. The molecule has 2 aliphatic rings. The number of carbonyl (C=O) groups excluding carboxylic acids is 1. The van der Waals surface area contributed by atoms with Gasteiger partial charge in [0.05, 0.1) is 18.9 Å². The van der Waals surface area contributed by atoms with Crippen molar-refractivity contribution in [3.8, 4) is 11.5 Å². The van der Waals surface area contributed by atoms with Crippen LogP contribution < -0.4 is 14.4 Å². The van der Waals surface area contributed by atoms with Crippen molar-refractivity contribution in [2.45, 2.75) is 37.7 Å². The highest BCUT2D eigenvalue weighted by Crippen LogP contribution is 2.41. The van der Waals surface area contributed by atoms with E-state index in [1.165, 1.54) is 0 Å². The van der Waals surface area contributed by atoms with Gasteiger partial charge in [-0.2, -0.15) is 0 Å². The lowest BCUT2D eigenvalue weighted by molar-refractivity contribution is 0.0822. The van der Waals surface area contributed by atoms with Crippen LogP contribution >= 0.6 is 0 Å². The zero-order chi connectivity index (χ0) is 19.0. The number of hydrogen-bond acceptors (Lipinski definition) is 5. The van der Waals surface area contributed by atoms with Gasteiger partial charge in [-0.25, -0.2) is 0 Å². The van der Waals surface area contributed by atoms with Gasteiger partial charge < -0.3 is 19.3 Å². The summed E-state index contributed by atoms with van der Waals surface area (Å²) in [4.78, 5) is 14.6. The van der Waals surface area contributed by atoms with Crippen molar-refractivity contribution in [2.24, 2.45) is 0 Å². The first-order chi connectivity index (χ1) is 13.1. The summed E-state index contributed by atoms with van der Waals surface area (Å²) >= 11 is 0. The molecular weight excluding hydrogens is 346 g/mol. The first-order valence-corrected chi connectivity index (χ1v) is 9.10. The predicted molar refractivity (Wildman–Crippen MR) is 100 cm³/mol. The standard InChI is InChI=1S/C21H23NO5/c1-25-18-10-7-13(11-19(18)27-15-9-8-14(23)12-15)22-20(24)16-5-3-4-6-17(16)21(22)26-2/h3-7,10-11,14-15,21,23H,8-9,12H2,1-2H3. The van der Waals surface area contributed by atoms with E-state index in [0.29, 0.717) is 29.2 Å². The lowest BCUT2D eigenvalue weighted by Gasteiger charge is -2.25. The Morgan fingerprint density at radius 2 is 1.89 bits per heavy atom. The number of ether oxygens (including phenoxy) is 3. The fraction of sp³-hybridized carbons (Fsp3) is 0.381. The first kappa shape index (κ1) is 17.8. The van der Waals surface area contributed by atoms with Gasteiger partial charge in [0.2, 0.25) is 0 Å². The van der Waals surface area contributed by atoms with Crippen LogP contribution in [0.4, 0.5) is 5.69 Å². The number of hydrogen-bond donors (Lipinski definition) is 1. The van der Waals surface area contributed by atoms with Crippen molar-refractivity contribution in [1.29, 1.82) is 0 Å². The van der Waals surface area contributed by atoms with Crippen LogP contribution in [-0.2, 0) is 4.74 Å². The molecule has 6 heteroatoms. The molecule has 6 nitrogen and oxygen atoms in total. The molecule has 0 spiro atoms. The topological polar surface area (TPSA) is 68.2 Å². The highest BCUT2D eigenvalue weighted by molar-refractivity contribution is 6.10. The average Bonchev–Trinajstić information content (AvgIpc) is 3.22. The maximum atomic E-state index is 13.0. The Kier molecular flexibility index (Phi) is 4.76. The number of benzene rings is 2. The zero-order valence-corrected chi connectivity index (χ0v) is 15.4. The Balaban J connectivity index is 1.68. The van der Waals surface area contributed by atoms with E-state index in [-0.39, 0.29) is 18.1 Å². The van der Waals surface area contributed by atoms with Crippen LogP contribution in [0.25, 0.3) is 0 Å². The van der Waals surface area contributed by atoms with Crippen molar-refractivity contribution in [2.75, 3.05) is 19.1 Å². The average molecular weight is 369 g/mol. The van der Waals surface area contributed by atoms with Crippen molar-refractivity contribution in [1.82, 2.24) is 0 Å². The van der Waals surface area contributed by atoms with Crippen LogP contribution in [0.3, 0.4) is 0 Å². The largest absolute Gasteiger partial charge is 0.493 e. The Morgan fingerprint density at radius 1 is 1.07 bits per heavy atom. The van der Waals surface area contributed by atoms with Crippen LogP contribution in [0, 0.1) is 0 Å². The number of fused-ring (bicyclic) bond motifs is 1. The van der Waals surface area contributed by atoms with Crippen molar-refractivity contribution in [3.05, 3.63) is 53.6 Å². The van der Waals surface area contributed by atoms with Gasteiger partial charge in [0.15, 0.2) is 17.7 Å². The van der Waals surface area contributed by atoms with E-state index < -0.39 is 6.23 Å². The summed E-state index contributed by atoms with van der Waals surface area (Å²) in [7, 11) is 3.17. The lowest BCUT2D eigenvalue weighted by atomic mass is 10.1. The van der Waals surface area contributed by atoms with Gasteiger partial charge in [0.1, 0.15) is 6.10 Å². The highest BCUT2D eigenvalue weighted by Gasteiger charge is 2.38. The van der Waals surface area contributed by atoms with Gasteiger partial charge in [0.25, 0.3) is 5.91 Å². The third kappa shape index (κ3) is 3.15. The number of rotatable bonds is 5. The SMILES string of the molecule is COc1ccc(N2C(=O)c3ccccc3C2OC)cc1OC1CCC(O)C1. The third-order valence-electron chi connectivity index (χ3n) is 5.21. The molecule has 1 fully saturated rings. The Bertz CT molecular complexity index is 852. The number of amides is 1. The second kappa shape index (κ2) is 7.21. The van der Waals surface area contributed by atoms with Crippen molar-refractivity contribution < 1.29 is 24.1 Å². The lowest BCUT2D eigenvalue weighted by Crippen LogP contribution is -2.28. The molecule has 0 radical (unpaired) electrons. The fourth-order valence-corrected chi connectivity index (χ4v) is 3.88. The molecule has 2 aromatic carbocycles. The van der Waals surface area contributed by atoms with Gasteiger partial charge >= 0.3 is 0 Å². The van der Waals surface area contributed by atoms with E-state index in [1.807, 2.05) is 30.3 Å². The van der Waals surface area contributed by atoms with Gasteiger partial charge in [-0.05, 0) is 31.0 Å². The molecule has 1 N–H and O–H groups in total. The molecule has 2 aromatic rings. The van der Waals surface area contributed by atoms with Crippen LogP contribution in [0.2, 0.25) is 0 Å². The van der Waals surface area contributed by atoms with E-state index in [4.69, 9.17) is 14.2 Å². The van der Waals surface area contributed by atoms with E-state index in [9.17, 15) is 9.90 Å². The number of aliphatic hydroxyl groups is 1. The van der Waals surface area contributed by atoms with E-state index in [0.717, 1.165) is 18.4 Å². The predicted octanol–water partition coefficient (Wildman–Crippen LogP) is 3.29. The summed E-state index contributed by atoms with van der Waals surface area (Å²) in [5.41, 5.74) is 2.17. The second-order valence-electron chi connectivity index (χ2n) is 6.89. The molecule has 0 bridgehead atoms. The Labute approximate surface area is 158 Å². The Hall–Kier alpha value is -2.57. The number of nitrogens with zero attached hydrogens (tertiary/aromatic N) is 1. The molecule has 3 unspecified atom stereocenters. The summed E-state index contributed by atoms with van der Waals surface area (Å²) in [6.07, 6.45) is 1.26. The molecule has 1 saturated carbocycles. The van der Waals surface area contributed by atoms with E-state index in [1.54, 1.807) is 31.3 Å². The molecule has 3 atom stereocenters. The zero-order valence-electron chi connectivity index (χ0n) is 15.4. The third-order valence-corrected chi connectivity index (χ3v) is 5.21. The molecular formula is C21H23NO5. The molecule has 0 aromatic heterocycles. The summed E-state index contributed by atoms with van der Waals surface area (Å²) in [5.74, 6) is 1.05. The number of methoxy groups -OCH3 is 2. The van der Waals surface area contributed by atoms with Crippen LogP contribution in [-0.4, -0.2) is 37.4 Å². The monoisotopic (exact) mass is 369 g/mol. The molecule has 1 heterocycles. The molecule has 1 amide bonds. The molecule has 4 rings (SSSR count). The fourth-order valence-electron chi connectivity index (χ4n) is 3.88. The highest BCUT2D eigenvalue weighted by atomic mass is 16.5. The van der Waals surface area contributed by atoms with Crippen molar-refractivity contribution in [3.63, 3.8) is 0 Å². The second-order valence-corrected chi connectivity index (χ2v) is 6.89. The minimum atomic E-state index is -0.483. The van der Waals surface area contributed by atoms with Crippen LogP contribution in [0.1, 0.15) is 41.4 Å². The molecule has 27 heavy (non-hydrogen) atoms. The number of anilines is 1. The minimum absolute atomic E-state index is 0.0613. The van der Waals surface area contributed by atoms with Gasteiger partial charge in [-0.3, -0.25) is 9.69 Å². The van der Waals surface area contributed by atoms with Crippen LogP contribution in [0.15, 0.2) is 42.5 Å². The minimum Gasteiger partial charge on any atom is -0.493 e. The maximum Gasteiger partial charge on any atom is 0.261 e. The molecule has 0 saturated heterocycles. The van der Waals surface area contributed by atoms with Gasteiger partial charge in [-0.1, -0.05) is 18.2 Å². The van der Waals surface area contributed by atoms with E-state index >= 15 is 0 Å². The normalized spacial score (nSPS) is 24.2. The van der Waals surface area contributed by atoms with Gasteiger partial charge in [0, 0.05) is 30.7 Å². The number of carbonyl (C=O) groups is 1. The maximum absolute atomic E-state index is 13.0.